The Morgan fingerprint density at radius 2 is 2.00 bits per heavy atom. The predicted octanol–water partition coefficient (Wildman–Crippen LogP) is 3.05. The summed E-state index contributed by atoms with van der Waals surface area (Å²) in [7, 11) is 0. The number of hydrogen-bond donors (Lipinski definition) is 1. The summed E-state index contributed by atoms with van der Waals surface area (Å²) >= 11 is 1.15. The molecular weight excluding hydrogens is 289 g/mol. The normalized spacial score (nSPS) is 12.9. The standard InChI is InChI=1S/C13H11F3N2OS/c14-13(15,16)11(6-9-4-2-1-3-5-9)18-12(19)10-7-20-8-17-10/h1-5,7-8,11H,6H2,(H,18,19)/t11-/m0/s1. The molecule has 1 aromatic heterocycles. The maximum atomic E-state index is 13.0. The molecule has 3 nitrogen and oxygen atoms in total. The Hall–Kier alpha value is -1.89. The van der Waals surface area contributed by atoms with E-state index in [0.29, 0.717) is 5.56 Å². The predicted molar refractivity (Wildman–Crippen MR) is 69.6 cm³/mol. The molecule has 2 rings (SSSR count). The molecule has 0 saturated heterocycles. The highest BCUT2D eigenvalue weighted by atomic mass is 32.1. The first-order chi connectivity index (χ1) is 9.47. The van der Waals surface area contributed by atoms with E-state index >= 15 is 0 Å². The van der Waals surface area contributed by atoms with Gasteiger partial charge in [0.2, 0.25) is 0 Å². The van der Waals surface area contributed by atoms with Crippen LogP contribution in [0.5, 0.6) is 0 Å². The zero-order chi connectivity index (χ0) is 14.6. The van der Waals surface area contributed by atoms with E-state index in [9.17, 15) is 18.0 Å². The minimum absolute atomic E-state index is 0.00249. The van der Waals surface area contributed by atoms with Crippen LogP contribution in [0.2, 0.25) is 0 Å². The van der Waals surface area contributed by atoms with Crippen LogP contribution in [0, 0.1) is 0 Å². The number of carbonyl (C=O) groups is 1. The van der Waals surface area contributed by atoms with Gasteiger partial charge in [-0.25, -0.2) is 4.98 Å². The summed E-state index contributed by atoms with van der Waals surface area (Å²) in [6.45, 7) is 0. The fourth-order valence-electron chi connectivity index (χ4n) is 1.66. The molecule has 0 fully saturated rings. The average Bonchev–Trinajstić information content (AvgIpc) is 2.92. The summed E-state index contributed by atoms with van der Waals surface area (Å²) in [5, 5.41) is 3.40. The third-order valence-electron chi connectivity index (χ3n) is 2.65. The van der Waals surface area contributed by atoms with Crippen molar-refractivity contribution in [1.29, 1.82) is 0 Å². The third-order valence-corrected chi connectivity index (χ3v) is 3.23. The lowest BCUT2D eigenvalue weighted by Gasteiger charge is -2.21. The summed E-state index contributed by atoms with van der Waals surface area (Å²) in [5.74, 6) is -0.815. The molecule has 0 spiro atoms. The topological polar surface area (TPSA) is 42.0 Å². The Kier molecular flexibility index (Phi) is 4.39. The van der Waals surface area contributed by atoms with Crippen molar-refractivity contribution < 1.29 is 18.0 Å². The van der Waals surface area contributed by atoms with Crippen LogP contribution in [0.3, 0.4) is 0 Å². The van der Waals surface area contributed by atoms with Gasteiger partial charge in [-0.15, -0.1) is 11.3 Å². The van der Waals surface area contributed by atoms with Crippen molar-refractivity contribution in [3.63, 3.8) is 0 Å². The number of thiazole rings is 1. The number of nitrogens with one attached hydrogen (secondary N) is 1. The van der Waals surface area contributed by atoms with Gasteiger partial charge in [0.05, 0.1) is 5.51 Å². The lowest BCUT2D eigenvalue weighted by atomic mass is 10.1. The molecule has 7 heteroatoms. The Labute approximate surface area is 117 Å². The van der Waals surface area contributed by atoms with Crippen LogP contribution in [-0.2, 0) is 6.42 Å². The monoisotopic (exact) mass is 300 g/mol. The van der Waals surface area contributed by atoms with Crippen LogP contribution in [0.4, 0.5) is 13.2 Å². The van der Waals surface area contributed by atoms with Gasteiger partial charge in [-0.3, -0.25) is 4.79 Å². The number of aromatic nitrogens is 1. The number of halogens is 3. The molecule has 1 heterocycles. The maximum Gasteiger partial charge on any atom is 0.408 e. The number of carbonyl (C=O) groups excluding carboxylic acids is 1. The van der Waals surface area contributed by atoms with E-state index in [1.807, 2.05) is 5.32 Å². The van der Waals surface area contributed by atoms with Crippen molar-refractivity contribution in [2.45, 2.75) is 18.6 Å². The van der Waals surface area contributed by atoms with E-state index in [2.05, 4.69) is 4.98 Å². The molecular formula is C13H11F3N2OS. The summed E-state index contributed by atoms with van der Waals surface area (Å²) in [5.41, 5.74) is 1.90. The second-order valence-electron chi connectivity index (χ2n) is 4.13. The molecule has 0 aliphatic heterocycles. The van der Waals surface area contributed by atoms with Crippen molar-refractivity contribution in [3.8, 4) is 0 Å². The van der Waals surface area contributed by atoms with E-state index in [1.165, 1.54) is 10.9 Å². The molecule has 20 heavy (non-hydrogen) atoms. The number of hydrogen-bond acceptors (Lipinski definition) is 3. The number of benzene rings is 1. The first-order valence-electron chi connectivity index (χ1n) is 5.76. The number of rotatable bonds is 4. The fourth-order valence-corrected chi connectivity index (χ4v) is 2.19. The van der Waals surface area contributed by atoms with Crippen LogP contribution in [-0.4, -0.2) is 23.1 Å². The van der Waals surface area contributed by atoms with Crippen molar-refractivity contribution in [1.82, 2.24) is 10.3 Å². The average molecular weight is 300 g/mol. The molecule has 0 unspecified atom stereocenters. The van der Waals surface area contributed by atoms with E-state index in [-0.39, 0.29) is 12.1 Å². The molecule has 0 radical (unpaired) electrons. The van der Waals surface area contributed by atoms with E-state index < -0.39 is 18.1 Å². The summed E-state index contributed by atoms with van der Waals surface area (Å²) in [4.78, 5) is 15.4. The van der Waals surface area contributed by atoms with Gasteiger partial charge >= 0.3 is 6.18 Å². The zero-order valence-electron chi connectivity index (χ0n) is 10.2. The number of nitrogens with zero attached hydrogens (tertiary/aromatic N) is 1. The molecule has 2 aromatic rings. The third kappa shape index (κ3) is 3.80. The Morgan fingerprint density at radius 3 is 2.55 bits per heavy atom. The van der Waals surface area contributed by atoms with Gasteiger partial charge < -0.3 is 5.32 Å². The molecule has 0 bridgehead atoms. The lowest BCUT2D eigenvalue weighted by molar-refractivity contribution is -0.153. The maximum absolute atomic E-state index is 13.0. The molecule has 1 aromatic carbocycles. The van der Waals surface area contributed by atoms with Gasteiger partial charge in [0, 0.05) is 11.8 Å². The Morgan fingerprint density at radius 1 is 1.30 bits per heavy atom. The van der Waals surface area contributed by atoms with Crippen LogP contribution < -0.4 is 5.32 Å². The second kappa shape index (κ2) is 6.04. The summed E-state index contributed by atoms with van der Waals surface area (Å²) in [6.07, 6.45) is -4.82. The first-order valence-corrected chi connectivity index (χ1v) is 6.71. The van der Waals surface area contributed by atoms with Crippen molar-refractivity contribution >= 4 is 17.2 Å². The highest BCUT2D eigenvalue weighted by molar-refractivity contribution is 7.07. The smallest absolute Gasteiger partial charge is 0.339 e. The molecule has 106 valence electrons. The second-order valence-corrected chi connectivity index (χ2v) is 4.85. The zero-order valence-corrected chi connectivity index (χ0v) is 11.0. The van der Waals surface area contributed by atoms with Gasteiger partial charge in [0.1, 0.15) is 11.7 Å². The quantitative estimate of drug-likeness (QED) is 0.943. The molecule has 1 amide bonds. The van der Waals surface area contributed by atoms with Gasteiger partial charge in [-0.1, -0.05) is 30.3 Å². The highest BCUT2D eigenvalue weighted by Crippen LogP contribution is 2.23. The lowest BCUT2D eigenvalue weighted by Crippen LogP contribution is -2.46. The van der Waals surface area contributed by atoms with Crippen LogP contribution in [0.25, 0.3) is 0 Å². The summed E-state index contributed by atoms with van der Waals surface area (Å²) < 4.78 is 38.9. The highest BCUT2D eigenvalue weighted by Gasteiger charge is 2.40. The van der Waals surface area contributed by atoms with Crippen molar-refractivity contribution in [2.24, 2.45) is 0 Å². The largest absolute Gasteiger partial charge is 0.408 e. The number of alkyl halides is 3. The van der Waals surface area contributed by atoms with Gasteiger partial charge in [-0.05, 0) is 5.56 Å². The summed E-state index contributed by atoms with van der Waals surface area (Å²) in [6, 6.07) is 6.29. The SMILES string of the molecule is O=C(N[C@@H](Cc1ccccc1)C(F)(F)F)c1cscn1. The minimum Gasteiger partial charge on any atom is -0.339 e. The molecule has 0 aliphatic carbocycles. The van der Waals surface area contributed by atoms with Crippen LogP contribution in [0.1, 0.15) is 16.1 Å². The van der Waals surface area contributed by atoms with E-state index in [4.69, 9.17) is 0 Å². The molecule has 0 aliphatic rings. The minimum atomic E-state index is -4.51. The first kappa shape index (κ1) is 14.5. The van der Waals surface area contributed by atoms with Gasteiger partial charge in [0.25, 0.3) is 5.91 Å². The van der Waals surface area contributed by atoms with E-state index in [1.54, 1.807) is 30.3 Å². The number of amides is 1. The fraction of sp³-hybridized carbons (Fsp3) is 0.231. The molecule has 1 N–H and O–H groups in total. The molecule has 1 atom stereocenters. The van der Waals surface area contributed by atoms with Gasteiger partial charge in [-0.2, -0.15) is 13.2 Å². The van der Waals surface area contributed by atoms with Crippen molar-refractivity contribution in [2.75, 3.05) is 0 Å². The van der Waals surface area contributed by atoms with E-state index in [0.717, 1.165) is 11.3 Å². The Bertz CT molecular complexity index is 555. The van der Waals surface area contributed by atoms with Crippen LogP contribution >= 0.6 is 11.3 Å². The van der Waals surface area contributed by atoms with Gasteiger partial charge in [0.15, 0.2) is 0 Å². The molecule has 0 saturated carbocycles. The van der Waals surface area contributed by atoms with Crippen molar-refractivity contribution in [3.05, 3.63) is 52.5 Å². The Balaban J connectivity index is 2.11. The van der Waals surface area contributed by atoms with Crippen LogP contribution in [0.15, 0.2) is 41.2 Å².